The van der Waals surface area contributed by atoms with Crippen LogP contribution in [0.2, 0.25) is 0 Å². The minimum absolute atomic E-state index is 0.174. The van der Waals surface area contributed by atoms with Gasteiger partial charge in [0.25, 0.3) is 0 Å². The Morgan fingerprint density at radius 2 is 2.00 bits per heavy atom. The number of rotatable bonds is 7. The molecule has 6 nitrogen and oxygen atoms in total. The quantitative estimate of drug-likeness (QED) is 0.463. The number of nitrogens with two attached hydrogens (primary N) is 1. The van der Waals surface area contributed by atoms with Gasteiger partial charge in [-0.05, 0) is 38.1 Å². The highest BCUT2D eigenvalue weighted by Crippen LogP contribution is 2.21. The molecule has 2 amide bonds. The number of primary amides is 1. The van der Waals surface area contributed by atoms with E-state index in [0.29, 0.717) is 25.4 Å². The van der Waals surface area contributed by atoms with E-state index in [0.717, 1.165) is 25.8 Å². The zero-order chi connectivity index (χ0) is 13.4. The number of hydrogen-bond acceptors (Lipinski definition) is 4. The summed E-state index contributed by atoms with van der Waals surface area (Å²) >= 11 is 0. The van der Waals surface area contributed by atoms with Crippen molar-refractivity contribution in [3.8, 4) is 0 Å². The summed E-state index contributed by atoms with van der Waals surface area (Å²) in [6, 6.07) is -0.140. The number of nitrogens with zero attached hydrogens (tertiary/aromatic N) is 1. The van der Waals surface area contributed by atoms with Crippen LogP contribution in [0.15, 0.2) is 0 Å². The predicted molar refractivity (Wildman–Crippen MR) is 69.1 cm³/mol. The molecule has 5 N–H and O–H groups in total. The van der Waals surface area contributed by atoms with E-state index in [2.05, 4.69) is 5.32 Å². The Kier molecular flexibility index (Phi) is 7.00. The number of likely N-dealkylation sites (tertiary alicyclic amines) is 1. The van der Waals surface area contributed by atoms with Crippen LogP contribution in [0.4, 0.5) is 4.79 Å². The monoisotopic (exact) mass is 259 g/mol. The van der Waals surface area contributed by atoms with E-state index in [1.165, 1.54) is 0 Å². The normalized spacial score (nSPS) is 24.2. The molecule has 1 aliphatic rings. The molecule has 1 aliphatic heterocycles. The number of piperidine rings is 1. The van der Waals surface area contributed by atoms with E-state index >= 15 is 0 Å². The molecule has 106 valence electrons. The lowest BCUT2D eigenvalue weighted by atomic mass is 9.90. The molecule has 0 aromatic rings. The lowest BCUT2D eigenvalue weighted by Gasteiger charge is -2.37. The SMILES string of the molecule is NC(=O)N1CC(CCCO)CC(NCCCO)C1. The molecule has 1 fully saturated rings. The average Bonchev–Trinajstić information content (AvgIpc) is 2.36. The molecule has 18 heavy (non-hydrogen) atoms. The van der Waals surface area contributed by atoms with Crippen LogP contribution < -0.4 is 11.1 Å². The van der Waals surface area contributed by atoms with E-state index in [1.807, 2.05) is 0 Å². The second kappa shape index (κ2) is 8.29. The third-order valence-corrected chi connectivity index (χ3v) is 3.39. The highest BCUT2D eigenvalue weighted by molar-refractivity contribution is 5.72. The van der Waals surface area contributed by atoms with Crippen molar-refractivity contribution in [3.05, 3.63) is 0 Å². The number of carbonyl (C=O) groups is 1. The summed E-state index contributed by atoms with van der Waals surface area (Å²) in [5, 5.41) is 21.0. The van der Waals surface area contributed by atoms with Crippen molar-refractivity contribution in [3.63, 3.8) is 0 Å². The van der Waals surface area contributed by atoms with Crippen LogP contribution in [0.5, 0.6) is 0 Å². The van der Waals surface area contributed by atoms with Crippen LogP contribution in [0.1, 0.15) is 25.7 Å². The molecule has 1 saturated heterocycles. The lowest BCUT2D eigenvalue weighted by molar-refractivity contribution is 0.143. The fourth-order valence-electron chi connectivity index (χ4n) is 2.51. The zero-order valence-electron chi connectivity index (χ0n) is 10.8. The molecule has 2 atom stereocenters. The van der Waals surface area contributed by atoms with Crippen molar-refractivity contribution in [2.24, 2.45) is 11.7 Å². The van der Waals surface area contributed by atoms with Crippen molar-refractivity contribution in [1.82, 2.24) is 10.2 Å². The molecule has 0 spiro atoms. The van der Waals surface area contributed by atoms with Gasteiger partial charge in [-0.25, -0.2) is 4.79 Å². The Hall–Kier alpha value is -0.850. The lowest BCUT2D eigenvalue weighted by Crippen LogP contribution is -2.53. The standard InChI is InChI=1S/C12H25N3O3/c13-12(18)15-8-10(3-1-5-16)7-11(9-15)14-4-2-6-17/h10-11,14,16-17H,1-9H2,(H2,13,18). The molecular formula is C12H25N3O3. The number of urea groups is 1. The number of amides is 2. The molecular weight excluding hydrogens is 234 g/mol. The van der Waals surface area contributed by atoms with Gasteiger partial charge in [0.2, 0.25) is 0 Å². The van der Waals surface area contributed by atoms with Crippen molar-refractivity contribution in [2.75, 3.05) is 32.8 Å². The Morgan fingerprint density at radius 1 is 1.28 bits per heavy atom. The van der Waals surface area contributed by atoms with E-state index in [-0.39, 0.29) is 25.3 Å². The number of aliphatic hydroxyl groups is 2. The first-order valence-corrected chi connectivity index (χ1v) is 6.66. The van der Waals surface area contributed by atoms with Crippen molar-refractivity contribution in [1.29, 1.82) is 0 Å². The van der Waals surface area contributed by atoms with Gasteiger partial charge in [0.05, 0.1) is 0 Å². The third kappa shape index (κ3) is 5.20. The van der Waals surface area contributed by atoms with E-state index in [4.69, 9.17) is 15.9 Å². The van der Waals surface area contributed by atoms with Gasteiger partial charge in [-0.3, -0.25) is 0 Å². The van der Waals surface area contributed by atoms with Crippen LogP contribution in [-0.4, -0.2) is 60.0 Å². The van der Waals surface area contributed by atoms with Gasteiger partial charge >= 0.3 is 6.03 Å². The first kappa shape index (κ1) is 15.2. The molecule has 0 radical (unpaired) electrons. The minimum atomic E-state index is -0.377. The fraction of sp³-hybridized carbons (Fsp3) is 0.917. The van der Waals surface area contributed by atoms with Crippen molar-refractivity contribution >= 4 is 6.03 Å². The van der Waals surface area contributed by atoms with E-state index in [1.54, 1.807) is 4.90 Å². The summed E-state index contributed by atoms with van der Waals surface area (Å²) in [5.41, 5.74) is 5.34. The van der Waals surface area contributed by atoms with Gasteiger partial charge in [0.15, 0.2) is 0 Å². The maximum Gasteiger partial charge on any atom is 0.314 e. The molecule has 1 rings (SSSR count). The topological polar surface area (TPSA) is 98.8 Å². The summed E-state index contributed by atoms with van der Waals surface area (Å²) in [6.45, 7) is 2.44. The Morgan fingerprint density at radius 3 is 2.61 bits per heavy atom. The molecule has 0 bridgehead atoms. The number of hydrogen-bond donors (Lipinski definition) is 4. The van der Waals surface area contributed by atoms with E-state index < -0.39 is 0 Å². The number of carbonyl (C=O) groups excluding carboxylic acids is 1. The molecule has 0 aromatic carbocycles. The highest BCUT2D eigenvalue weighted by atomic mass is 16.3. The molecule has 0 aromatic heterocycles. The van der Waals surface area contributed by atoms with Crippen LogP contribution in [-0.2, 0) is 0 Å². The fourth-order valence-corrected chi connectivity index (χ4v) is 2.51. The number of nitrogens with one attached hydrogen (secondary N) is 1. The van der Waals surface area contributed by atoms with Crippen molar-refractivity contribution in [2.45, 2.75) is 31.7 Å². The second-order valence-electron chi connectivity index (χ2n) is 4.94. The molecule has 0 saturated carbocycles. The second-order valence-corrected chi connectivity index (χ2v) is 4.94. The summed E-state index contributed by atoms with van der Waals surface area (Å²) in [4.78, 5) is 12.9. The summed E-state index contributed by atoms with van der Waals surface area (Å²) < 4.78 is 0. The van der Waals surface area contributed by atoms with Gasteiger partial charge in [0.1, 0.15) is 0 Å². The largest absolute Gasteiger partial charge is 0.396 e. The van der Waals surface area contributed by atoms with Gasteiger partial charge in [0, 0.05) is 32.3 Å². The first-order valence-electron chi connectivity index (χ1n) is 6.66. The molecule has 6 heteroatoms. The van der Waals surface area contributed by atoms with Crippen LogP contribution in [0, 0.1) is 5.92 Å². The first-order chi connectivity index (χ1) is 8.67. The Balaban J connectivity index is 2.43. The molecule has 0 aliphatic carbocycles. The summed E-state index contributed by atoms with van der Waals surface area (Å²) in [7, 11) is 0. The van der Waals surface area contributed by atoms with Crippen LogP contribution in [0.3, 0.4) is 0 Å². The zero-order valence-corrected chi connectivity index (χ0v) is 10.8. The van der Waals surface area contributed by atoms with Gasteiger partial charge in [-0.15, -0.1) is 0 Å². The van der Waals surface area contributed by atoms with Crippen LogP contribution >= 0.6 is 0 Å². The highest BCUT2D eigenvalue weighted by Gasteiger charge is 2.28. The predicted octanol–water partition coefficient (Wildman–Crippen LogP) is -0.500. The van der Waals surface area contributed by atoms with Crippen molar-refractivity contribution < 1.29 is 15.0 Å². The van der Waals surface area contributed by atoms with Gasteiger partial charge in [-0.2, -0.15) is 0 Å². The van der Waals surface area contributed by atoms with Crippen LogP contribution in [0.25, 0.3) is 0 Å². The summed E-state index contributed by atoms with van der Waals surface area (Å²) in [6.07, 6.45) is 3.39. The average molecular weight is 259 g/mol. The van der Waals surface area contributed by atoms with Gasteiger partial charge in [-0.1, -0.05) is 0 Å². The smallest absolute Gasteiger partial charge is 0.314 e. The maximum absolute atomic E-state index is 11.3. The Bertz CT molecular complexity index is 251. The van der Waals surface area contributed by atoms with E-state index in [9.17, 15) is 4.79 Å². The Labute approximate surface area is 108 Å². The minimum Gasteiger partial charge on any atom is -0.396 e. The van der Waals surface area contributed by atoms with Gasteiger partial charge < -0.3 is 26.2 Å². The molecule has 1 heterocycles. The third-order valence-electron chi connectivity index (χ3n) is 3.39. The maximum atomic E-state index is 11.3. The summed E-state index contributed by atoms with van der Waals surface area (Å²) in [5.74, 6) is 0.394. The number of aliphatic hydroxyl groups excluding tert-OH is 2. The molecule has 2 unspecified atom stereocenters.